The van der Waals surface area contributed by atoms with Gasteiger partial charge < -0.3 is 9.64 Å². The Kier molecular flexibility index (Phi) is 5.72. The van der Waals surface area contributed by atoms with Gasteiger partial charge in [-0.15, -0.1) is 0 Å². The Hall–Kier alpha value is -3.43. The second kappa shape index (κ2) is 8.85. The van der Waals surface area contributed by atoms with E-state index in [2.05, 4.69) is 10.00 Å². The lowest BCUT2D eigenvalue weighted by Crippen LogP contribution is -2.43. The molecule has 0 bridgehead atoms. The van der Waals surface area contributed by atoms with Crippen molar-refractivity contribution in [3.8, 4) is 11.1 Å². The predicted molar refractivity (Wildman–Crippen MR) is 141 cm³/mol. The Bertz CT molecular complexity index is 1650. The highest BCUT2D eigenvalue weighted by Gasteiger charge is 2.31. The Morgan fingerprint density at radius 2 is 1.78 bits per heavy atom. The molecule has 1 saturated heterocycles. The van der Waals surface area contributed by atoms with E-state index in [-0.39, 0.29) is 44.7 Å². The molecule has 1 saturated carbocycles. The molecule has 2 fully saturated rings. The van der Waals surface area contributed by atoms with Gasteiger partial charge in [-0.25, -0.2) is 4.39 Å². The van der Waals surface area contributed by atoms with Crippen molar-refractivity contribution >= 4 is 28.1 Å². The van der Waals surface area contributed by atoms with Crippen LogP contribution in [0.1, 0.15) is 37.5 Å². The molecule has 0 N–H and O–H groups in total. The number of anilines is 1. The third-order valence-electron chi connectivity index (χ3n) is 7.37. The lowest BCUT2D eigenvalue weighted by atomic mass is 9.97. The maximum atomic E-state index is 15.1. The van der Waals surface area contributed by atoms with E-state index in [1.54, 1.807) is 31.3 Å². The maximum Gasteiger partial charge on any atom is 0.273 e. The van der Waals surface area contributed by atoms with Crippen molar-refractivity contribution in [2.24, 2.45) is 14.1 Å². The summed E-state index contributed by atoms with van der Waals surface area (Å²) >= 11 is 6.01. The summed E-state index contributed by atoms with van der Waals surface area (Å²) in [6.45, 7) is 3.10. The second-order valence-corrected chi connectivity index (χ2v) is 10.5. The normalized spacial score (nSPS) is 20.1. The summed E-state index contributed by atoms with van der Waals surface area (Å²) in [7, 11) is 3.07. The number of morpholine rings is 1. The Labute approximate surface area is 217 Å². The molecule has 2 atom stereocenters. The average molecular weight is 524 g/mol. The van der Waals surface area contributed by atoms with E-state index in [0.717, 1.165) is 24.1 Å². The van der Waals surface area contributed by atoms with Crippen LogP contribution in [0.25, 0.3) is 21.9 Å². The van der Waals surface area contributed by atoms with Crippen molar-refractivity contribution in [2.45, 2.75) is 38.0 Å². The highest BCUT2D eigenvalue weighted by Crippen LogP contribution is 2.37. The van der Waals surface area contributed by atoms with E-state index >= 15 is 4.39 Å². The van der Waals surface area contributed by atoms with Gasteiger partial charge in [-0.2, -0.15) is 5.10 Å². The van der Waals surface area contributed by atoms with E-state index in [1.807, 2.05) is 24.0 Å². The quantitative estimate of drug-likeness (QED) is 0.401. The van der Waals surface area contributed by atoms with Crippen LogP contribution in [0, 0.1) is 5.82 Å². The molecular formula is C27H27ClFN5O3. The summed E-state index contributed by atoms with van der Waals surface area (Å²) in [5.41, 5.74) is 1.57. The zero-order chi connectivity index (χ0) is 26.0. The van der Waals surface area contributed by atoms with Crippen molar-refractivity contribution in [1.82, 2.24) is 19.1 Å². The van der Waals surface area contributed by atoms with Gasteiger partial charge in [0.15, 0.2) is 0 Å². The van der Waals surface area contributed by atoms with E-state index in [4.69, 9.17) is 16.3 Å². The summed E-state index contributed by atoms with van der Waals surface area (Å²) in [5, 5.41) is 5.18. The summed E-state index contributed by atoms with van der Waals surface area (Å²) < 4.78 is 25.9. The molecule has 0 amide bonds. The Morgan fingerprint density at radius 1 is 1.03 bits per heavy atom. The first-order valence-electron chi connectivity index (χ1n) is 12.3. The van der Waals surface area contributed by atoms with Gasteiger partial charge in [-0.05, 0) is 50.1 Å². The number of hydrogen-bond acceptors (Lipinski definition) is 5. The monoisotopic (exact) mass is 523 g/mol. The number of benzene rings is 2. The lowest BCUT2D eigenvalue weighted by molar-refractivity contribution is -0.0174. The van der Waals surface area contributed by atoms with E-state index in [0.29, 0.717) is 24.7 Å². The van der Waals surface area contributed by atoms with Gasteiger partial charge in [0.1, 0.15) is 11.9 Å². The number of hydrogen-bond donors (Lipinski definition) is 0. The van der Waals surface area contributed by atoms with E-state index < -0.39 is 5.82 Å². The van der Waals surface area contributed by atoms with Crippen molar-refractivity contribution in [2.75, 3.05) is 18.0 Å². The van der Waals surface area contributed by atoms with E-state index in [9.17, 15) is 9.59 Å². The molecule has 192 valence electrons. The van der Waals surface area contributed by atoms with Crippen LogP contribution >= 0.6 is 11.6 Å². The van der Waals surface area contributed by atoms with Gasteiger partial charge in [0.2, 0.25) is 0 Å². The third kappa shape index (κ3) is 4.16. The molecule has 3 heterocycles. The minimum absolute atomic E-state index is 0.0964. The van der Waals surface area contributed by atoms with E-state index in [1.165, 1.54) is 22.5 Å². The molecular weight excluding hydrogens is 497 g/mol. The summed E-state index contributed by atoms with van der Waals surface area (Å²) in [4.78, 5) is 28.8. The molecule has 1 aliphatic heterocycles. The molecule has 6 rings (SSSR count). The smallest absolute Gasteiger partial charge is 0.273 e. The summed E-state index contributed by atoms with van der Waals surface area (Å²) in [6, 6.07) is 8.34. The Balaban J connectivity index is 1.50. The highest BCUT2D eigenvalue weighted by atomic mass is 35.5. The Morgan fingerprint density at radius 3 is 2.51 bits per heavy atom. The first-order valence-corrected chi connectivity index (χ1v) is 12.7. The predicted octanol–water partition coefficient (Wildman–Crippen LogP) is 4.19. The van der Waals surface area contributed by atoms with Crippen molar-refractivity contribution in [3.05, 3.63) is 79.8 Å². The van der Waals surface area contributed by atoms with Crippen LogP contribution in [0.5, 0.6) is 0 Å². The average Bonchev–Trinajstić information content (AvgIpc) is 3.61. The number of fused-ring (bicyclic) bond motifs is 1. The summed E-state index contributed by atoms with van der Waals surface area (Å²) in [5.74, 6) is -0.561. The SMILES string of the molecule is CC1CN(c2cc(-c3ccc(Cl)cc3F)c3c(=O)n(C)n(C)c(=O)c3c2)CC(c2cnn(C3CC3)c2)O1. The molecule has 2 aromatic carbocycles. The van der Waals surface area contributed by atoms with Crippen LogP contribution in [-0.2, 0) is 18.8 Å². The van der Waals surface area contributed by atoms with Gasteiger partial charge in [0.25, 0.3) is 11.1 Å². The van der Waals surface area contributed by atoms with Crippen molar-refractivity contribution in [3.63, 3.8) is 0 Å². The zero-order valence-corrected chi connectivity index (χ0v) is 21.6. The fourth-order valence-corrected chi connectivity index (χ4v) is 5.30. The molecule has 2 aromatic heterocycles. The highest BCUT2D eigenvalue weighted by molar-refractivity contribution is 6.30. The number of aromatic nitrogens is 4. The first kappa shape index (κ1) is 23.9. The molecule has 8 nitrogen and oxygen atoms in total. The van der Waals surface area contributed by atoms with Gasteiger partial charge in [-0.1, -0.05) is 11.6 Å². The lowest BCUT2D eigenvalue weighted by Gasteiger charge is -2.38. The van der Waals surface area contributed by atoms with Crippen LogP contribution < -0.4 is 16.0 Å². The number of ether oxygens (including phenoxy) is 1. The van der Waals surface area contributed by atoms with Crippen molar-refractivity contribution in [1.29, 1.82) is 0 Å². The number of halogens is 2. The topological polar surface area (TPSA) is 74.3 Å². The molecule has 4 aromatic rings. The van der Waals surface area contributed by atoms with Gasteiger partial charge >= 0.3 is 0 Å². The third-order valence-corrected chi connectivity index (χ3v) is 7.60. The molecule has 2 unspecified atom stereocenters. The van der Waals surface area contributed by atoms with Crippen LogP contribution in [0.3, 0.4) is 0 Å². The van der Waals surface area contributed by atoms with Crippen LogP contribution in [0.4, 0.5) is 10.1 Å². The molecule has 0 radical (unpaired) electrons. The minimum Gasteiger partial charge on any atom is -0.367 e. The number of nitrogens with zero attached hydrogens (tertiary/aromatic N) is 5. The molecule has 0 spiro atoms. The van der Waals surface area contributed by atoms with Crippen LogP contribution in [0.15, 0.2) is 52.3 Å². The second-order valence-electron chi connectivity index (χ2n) is 10.0. The first-order chi connectivity index (χ1) is 17.7. The fourth-order valence-electron chi connectivity index (χ4n) is 5.14. The standard InChI is InChI=1S/C27H27ClFN5O3/c1-15-12-33(14-24(37-15)16-11-30-34(13-16)18-5-6-18)19-9-21(20-7-4-17(28)8-23(20)29)25-22(10-19)26(35)31(2)32(3)27(25)36/h4,7-11,13,15,18,24H,5-6,12,14H2,1-3H3. The van der Waals surface area contributed by atoms with Crippen LogP contribution in [0.2, 0.25) is 5.02 Å². The molecule has 1 aliphatic carbocycles. The minimum atomic E-state index is -0.561. The van der Waals surface area contributed by atoms with Crippen molar-refractivity contribution < 1.29 is 9.13 Å². The fraction of sp³-hybridized carbons (Fsp3) is 0.370. The largest absolute Gasteiger partial charge is 0.367 e. The van der Waals surface area contributed by atoms with Gasteiger partial charge in [-0.3, -0.25) is 23.6 Å². The van der Waals surface area contributed by atoms with Crippen LogP contribution in [-0.4, -0.2) is 38.3 Å². The zero-order valence-electron chi connectivity index (χ0n) is 20.8. The maximum absolute atomic E-state index is 15.1. The summed E-state index contributed by atoms with van der Waals surface area (Å²) in [6.07, 6.45) is 5.88. The molecule has 10 heteroatoms. The number of rotatable bonds is 4. The molecule has 37 heavy (non-hydrogen) atoms. The molecule has 2 aliphatic rings. The van der Waals surface area contributed by atoms with Gasteiger partial charge in [0.05, 0.1) is 29.1 Å². The van der Waals surface area contributed by atoms with Gasteiger partial charge in [0, 0.05) is 60.8 Å².